The molecule has 1 aliphatic rings. The van der Waals surface area contributed by atoms with Gasteiger partial charge in [-0.15, -0.1) is 0 Å². The van der Waals surface area contributed by atoms with E-state index in [-0.39, 0.29) is 19.5 Å². The summed E-state index contributed by atoms with van der Waals surface area (Å²) in [4.78, 5) is 0. The predicted molar refractivity (Wildman–Crippen MR) is 54.0 cm³/mol. The number of hydrogen-bond acceptors (Lipinski definition) is 3. The summed E-state index contributed by atoms with van der Waals surface area (Å²) in [5.41, 5.74) is 0. The Kier molecular flexibility index (Phi) is 5.88. The standard InChI is InChI=1S/C7H18O3Si2/c1-11-10-12-4-2-3-8-5-7-6-9-7/h7H,2-6,11-12H2,1H3. The molecule has 1 saturated heterocycles. The second-order valence-corrected chi connectivity index (χ2v) is 6.26. The monoisotopic (exact) mass is 206 g/mol. The molecule has 0 aliphatic carbocycles. The largest absolute Gasteiger partial charge is 0.465 e. The van der Waals surface area contributed by atoms with Crippen LogP contribution in [0, 0.1) is 0 Å². The third-order valence-corrected chi connectivity index (χ3v) is 5.31. The van der Waals surface area contributed by atoms with Gasteiger partial charge in [0.2, 0.25) is 0 Å². The van der Waals surface area contributed by atoms with E-state index in [1.807, 2.05) is 0 Å². The minimum absolute atomic E-state index is 0.127. The van der Waals surface area contributed by atoms with Gasteiger partial charge in [0.1, 0.15) is 25.6 Å². The second kappa shape index (κ2) is 6.79. The van der Waals surface area contributed by atoms with Crippen molar-refractivity contribution in [1.29, 1.82) is 0 Å². The molecule has 5 heteroatoms. The summed E-state index contributed by atoms with van der Waals surface area (Å²) >= 11 is 0. The maximum atomic E-state index is 5.47. The SMILES string of the molecule is C[SiH2]O[SiH2]CCCOCC1CO1. The predicted octanol–water partition coefficient (Wildman–Crippen LogP) is -0.558. The van der Waals surface area contributed by atoms with Crippen molar-refractivity contribution in [3.63, 3.8) is 0 Å². The first-order valence-electron chi connectivity index (χ1n) is 4.70. The van der Waals surface area contributed by atoms with Crippen molar-refractivity contribution in [2.45, 2.75) is 25.1 Å². The Bertz CT molecular complexity index is 109. The lowest BCUT2D eigenvalue weighted by molar-refractivity contribution is 0.117. The highest BCUT2D eigenvalue weighted by Crippen LogP contribution is 2.08. The van der Waals surface area contributed by atoms with Crippen LogP contribution in [0.5, 0.6) is 0 Å². The van der Waals surface area contributed by atoms with Crippen LogP contribution in [0.4, 0.5) is 0 Å². The van der Waals surface area contributed by atoms with Gasteiger partial charge in [0.15, 0.2) is 0 Å². The fourth-order valence-corrected chi connectivity index (χ4v) is 3.31. The van der Waals surface area contributed by atoms with Gasteiger partial charge in [0.05, 0.1) is 13.2 Å². The van der Waals surface area contributed by atoms with Crippen LogP contribution < -0.4 is 0 Å². The molecule has 0 amide bonds. The molecule has 0 radical (unpaired) electrons. The van der Waals surface area contributed by atoms with Crippen LogP contribution in [0.25, 0.3) is 0 Å². The van der Waals surface area contributed by atoms with Gasteiger partial charge in [-0.1, -0.05) is 6.55 Å². The van der Waals surface area contributed by atoms with E-state index in [2.05, 4.69) is 6.55 Å². The molecule has 1 rings (SSSR count). The van der Waals surface area contributed by atoms with Crippen molar-refractivity contribution in [1.82, 2.24) is 0 Å². The molecule has 0 N–H and O–H groups in total. The van der Waals surface area contributed by atoms with E-state index >= 15 is 0 Å². The summed E-state index contributed by atoms with van der Waals surface area (Å²) in [6.45, 7) is 4.78. The van der Waals surface area contributed by atoms with E-state index in [9.17, 15) is 0 Å². The third-order valence-electron chi connectivity index (χ3n) is 1.74. The highest BCUT2D eigenvalue weighted by molar-refractivity contribution is 6.41. The number of rotatable bonds is 8. The summed E-state index contributed by atoms with van der Waals surface area (Å²) in [5, 5.41) is 0. The molecule has 0 spiro atoms. The first-order valence-corrected chi connectivity index (χ1v) is 8.27. The van der Waals surface area contributed by atoms with Crippen LogP contribution in [-0.2, 0) is 13.6 Å². The average Bonchev–Trinajstić information content (AvgIpc) is 2.87. The van der Waals surface area contributed by atoms with Gasteiger partial charge in [0, 0.05) is 6.61 Å². The maximum absolute atomic E-state index is 5.47. The third kappa shape index (κ3) is 5.90. The van der Waals surface area contributed by atoms with Gasteiger partial charge in [0.25, 0.3) is 0 Å². The van der Waals surface area contributed by atoms with E-state index in [0.717, 1.165) is 19.8 Å². The molecule has 0 aromatic heterocycles. The zero-order valence-corrected chi connectivity index (χ0v) is 10.6. The number of epoxide rings is 1. The van der Waals surface area contributed by atoms with E-state index in [1.54, 1.807) is 0 Å². The topological polar surface area (TPSA) is 31.0 Å². The number of hydrogen-bond donors (Lipinski definition) is 0. The van der Waals surface area contributed by atoms with E-state index < -0.39 is 0 Å². The fraction of sp³-hybridized carbons (Fsp3) is 1.00. The smallest absolute Gasteiger partial charge is 0.146 e. The normalized spacial score (nSPS) is 23.2. The molecule has 72 valence electrons. The van der Waals surface area contributed by atoms with Crippen LogP contribution in [-0.4, -0.2) is 45.5 Å². The average molecular weight is 206 g/mol. The molecule has 1 unspecified atom stereocenters. The van der Waals surface area contributed by atoms with Crippen molar-refractivity contribution in [3.8, 4) is 0 Å². The van der Waals surface area contributed by atoms with Crippen LogP contribution in [0.2, 0.25) is 12.6 Å². The first kappa shape index (κ1) is 10.4. The molecule has 0 bridgehead atoms. The maximum Gasteiger partial charge on any atom is 0.146 e. The summed E-state index contributed by atoms with van der Waals surface area (Å²) in [7, 11) is -0.297. The highest BCUT2D eigenvalue weighted by atomic mass is 28.3. The second-order valence-electron chi connectivity index (χ2n) is 2.93. The first-order chi connectivity index (χ1) is 5.93. The molecule has 1 fully saturated rings. The molecule has 1 aliphatic heterocycles. The van der Waals surface area contributed by atoms with Gasteiger partial charge in [-0.2, -0.15) is 0 Å². The molecule has 1 heterocycles. The van der Waals surface area contributed by atoms with E-state index in [1.165, 1.54) is 12.5 Å². The summed E-state index contributed by atoms with van der Waals surface area (Å²) in [5.74, 6) is 0. The van der Waals surface area contributed by atoms with Crippen LogP contribution in [0.3, 0.4) is 0 Å². The Morgan fingerprint density at radius 2 is 2.42 bits per heavy atom. The van der Waals surface area contributed by atoms with Crippen molar-refractivity contribution >= 4 is 19.5 Å². The zero-order valence-electron chi connectivity index (χ0n) is 7.75. The minimum atomic E-state index is -0.170. The van der Waals surface area contributed by atoms with Crippen molar-refractivity contribution in [3.05, 3.63) is 0 Å². The highest BCUT2D eigenvalue weighted by Gasteiger charge is 2.21. The zero-order chi connectivity index (χ0) is 8.65. The Labute approximate surface area is 78.7 Å². The molecule has 1 atom stereocenters. The Hall–Kier alpha value is 0.314. The molecular formula is C7H18O3Si2. The quantitative estimate of drug-likeness (QED) is 0.303. The minimum Gasteiger partial charge on any atom is -0.465 e. The lowest BCUT2D eigenvalue weighted by atomic mass is 10.5. The summed E-state index contributed by atoms with van der Waals surface area (Å²) in [6.07, 6.45) is 1.59. The molecular weight excluding hydrogens is 188 g/mol. The lowest BCUT2D eigenvalue weighted by Crippen LogP contribution is -2.05. The van der Waals surface area contributed by atoms with Crippen LogP contribution in [0.1, 0.15) is 6.42 Å². The lowest BCUT2D eigenvalue weighted by Gasteiger charge is -2.01. The van der Waals surface area contributed by atoms with Crippen LogP contribution >= 0.6 is 0 Å². The number of ether oxygens (including phenoxy) is 2. The van der Waals surface area contributed by atoms with Gasteiger partial charge >= 0.3 is 0 Å². The molecule has 12 heavy (non-hydrogen) atoms. The van der Waals surface area contributed by atoms with Gasteiger partial charge in [-0.05, 0) is 12.5 Å². The van der Waals surface area contributed by atoms with Crippen molar-refractivity contribution in [2.24, 2.45) is 0 Å². The van der Waals surface area contributed by atoms with Gasteiger partial charge < -0.3 is 13.6 Å². The molecule has 3 nitrogen and oxygen atoms in total. The molecule has 0 saturated carbocycles. The van der Waals surface area contributed by atoms with Gasteiger partial charge in [-0.3, -0.25) is 0 Å². The fourth-order valence-electron chi connectivity index (χ4n) is 0.932. The van der Waals surface area contributed by atoms with Crippen LogP contribution in [0.15, 0.2) is 0 Å². The summed E-state index contributed by atoms with van der Waals surface area (Å²) < 4.78 is 15.9. The molecule has 0 aromatic carbocycles. The molecule has 0 aromatic rings. The van der Waals surface area contributed by atoms with E-state index in [4.69, 9.17) is 13.6 Å². The Morgan fingerprint density at radius 3 is 3.08 bits per heavy atom. The summed E-state index contributed by atoms with van der Waals surface area (Å²) in [6, 6.07) is 1.27. The van der Waals surface area contributed by atoms with Crippen molar-refractivity contribution in [2.75, 3.05) is 19.8 Å². The van der Waals surface area contributed by atoms with Crippen molar-refractivity contribution < 1.29 is 13.6 Å². The van der Waals surface area contributed by atoms with E-state index in [0.29, 0.717) is 6.10 Å². The Balaban J connectivity index is 1.65. The van der Waals surface area contributed by atoms with Gasteiger partial charge in [-0.25, -0.2) is 0 Å². The Morgan fingerprint density at radius 1 is 1.58 bits per heavy atom.